The molecule has 0 aliphatic carbocycles. The molecular formula is C50H69B2BrClI2N13O8. The van der Waals surface area contributed by atoms with Crippen LogP contribution in [0.4, 0.5) is 11.6 Å². The number of aliphatic imine (C=N–C) groups is 2. The minimum Gasteiger partial charge on any atom is -0.491 e. The Bertz CT molecular complexity index is 2780. The summed E-state index contributed by atoms with van der Waals surface area (Å²) in [5.41, 5.74) is 17.8. The monoisotopic (exact) mass is 1370 g/mol. The van der Waals surface area contributed by atoms with E-state index >= 15 is 0 Å². The Labute approximate surface area is 493 Å². The van der Waals surface area contributed by atoms with E-state index in [0.717, 1.165) is 69.8 Å². The van der Waals surface area contributed by atoms with Gasteiger partial charge in [-0.2, -0.15) is 0 Å². The Morgan fingerprint density at radius 2 is 1.00 bits per heavy atom. The fourth-order valence-corrected chi connectivity index (χ4v) is 9.34. The van der Waals surface area contributed by atoms with Crippen molar-refractivity contribution in [2.24, 2.45) is 27.2 Å². The second kappa shape index (κ2) is 26.7. The molecule has 2 fully saturated rings. The van der Waals surface area contributed by atoms with Gasteiger partial charge in [0.25, 0.3) is 12.0 Å². The Hall–Kier alpha value is -4.42. The first-order valence-corrected chi connectivity index (χ1v) is 27.4. The van der Waals surface area contributed by atoms with Crippen molar-refractivity contribution in [1.82, 2.24) is 29.9 Å². The molecule has 0 saturated carbocycles. The molecule has 416 valence electrons. The lowest BCUT2D eigenvalue weighted by Gasteiger charge is -2.32. The van der Waals surface area contributed by atoms with Crippen LogP contribution in [-0.2, 0) is 40.9 Å². The lowest BCUT2D eigenvalue weighted by Crippen LogP contribution is -2.41. The van der Waals surface area contributed by atoms with Gasteiger partial charge in [-0.25, -0.2) is 39.9 Å². The maximum absolute atomic E-state index is 5.96. The lowest BCUT2D eigenvalue weighted by molar-refractivity contribution is 0.00578. The highest BCUT2D eigenvalue weighted by molar-refractivity contribution is 14.1. The Balaban J connectivity index is 0.000000184. The fraction of sp³-hybridized carbons (Fsp3) is 0.480. The summed E-state index contributed by atoms with van der Waals surface area (Å²) in [5.74, 6) is 3.47. The predicted octanol–water partition coefficient (Wildman–Crippen LogP) is 7.99. The van der Waals surface area contributed by atoms with E-state index in [4.69, 9.17) is 60.6 Å². The van der Waals surface area contributed by atoms with Crippen LogP contribution in [-0.4, -0.2) is 137 Å². The smallest absolute Gasteiger partial charge is 0.488 e. The second-order valence-corrected chi connectivity index (χ2v) is 23.4. The van der Waals surface area contributed by atoms with Gasteiger partial charge < -0.3 is 65.4 Å². The van der Waals surface area contributed by atoms with Crippen molar-refractivity contribution in [3.8, 4) is 22.6 Å². The van der Waals surface area contributed by atoms with Crippen molar-refractivity contribution in [1.29, 1.82) is 0 Å². The summed E-state index contributed by atoms with van der Waals surface area (Å²) in [6.07, 6.45) is 11.2. The van der Waals surface area contributed by atoms with Crippen molar-refractivity contribution in [3.63, 3.8) is 0 Å². The fourth-order valence-electron chi connectivity index (χ4n) is 7.96. The zero-order chi connectivity index (χ0) is 55.7. The highest BCUT2D eigenvalue weighted by Gasteiger charge is 2.63. The standard InChI is InChI=1S/C16H17N5O2.C12H24B2O4.C11H11BrN2O2.C5H6IN3.C4H2ClIN2.CH5N.CH4/c1-18-14-12(6-19-9-20-14)10-2-3-13-11(4-10)5-16(7-22-13)8-23-15(17)21-16;1-9(2)10(3,4)16-13(15-9)14-17-11(5,6)12(7,8)18-14;12-8-1-2-9-7(3-8)4-11(5-15-9)6-16-10(13)14-11;1-7-5-4(6)2-8-3-9-5;5-4-3(6)1-7-2-8-4;1-2;/h2-4,6,9H,5,7-8H2,1H3,(H2,17,21)(H,18,19,20);1-8H3;1-3H,4-6H2,(H2,13,14);2-3H,1H3,(H,7,8,9);1-2H;2H2,1H3;1H4. The Morgan fingerprint density at radius 1 is 0.584 bits per heavy atom. The Morgan fingerprint density at radius 3 is 1.40 bits per heavy atom. The molecule has 2 aromatic carbocycles. The minimum absolute atomic E-state index is 0. The van der Waals surface area contributed by atoms with E-state index in [9.17, 15) is 0 Å². The van der Waals surface area contributed by atoms with E-state index in [1.165, 1.54) is 26.0 Å². The van der Waals surface area contributed by atoms with Crippen LogP contribution in [0.2, 0.25) is 5.15 Å². The highest BCUT2D eigenvalue weighted by atomic mass is 127. The molecule has 27 heteroatoms. The maximum Gasteiger partial charge on any atom is 0.488 e. The van der Waals surface area contributed by atoms with Crippen LogP contribution in [0.3, 0.4) is 0 Å². The van der Waals surface area contributed by atoms with E-state index in [-0.39, 0.29) is 47.4 Å². The van der Waals surface area contributed by atoms with Gasteiger partial charge in [-0.05, 0) is 155 Å². The van der Waals surface area contributed by atoms with Gasteiger partial charge in [-0.15, -0.1) is 0 Å². The SMILES string of the molecule is C.CC1(C)OB(B2OC(C)(C)C(C)(C)O2)OC1(C)C.CN.CNc1ncncc1-c1ccc2c(c1)CC1(COC(N)=N1)CO2.CNc1ncncc1I.Clc1ncncc1I.NC1=NC2(CO1)COc1ccc(Br)cc1C2. The number of hydrogen-bond donors (Lipinski definition) is 5. The van der Waals surface area contributed by atoms with Crippen molar-refractivity contribution in [3.05, 3.63) is 102 Å². The summed E-state index contributed by atoms with van der Waals surface area (Å²) < 4.78 is 48.9. The summed E-state index contributed by atoms with van der Waals surface area (Å²) in [6, 6.07) is 12.6. The number of halogens is 4. The number of fused-ring (bicyclic) bond motifs is 2. The number of rotatable bonds is 4. The van der Waals surface area contributed by atoms with Gasteiger partial charge in [0.15, 0.2) is 0 Å². The zero-order valence-corrected chi connectivity index (χ0v) is 51.1. The normalized spacial score (nSPS) is 21.8. The van der Waals surface area contributed by atoms with Crippen molar-refractivity contribution < 1.29 is 37.6 Å². The molecule has 0 bridgehead atoms. The van der Waals surface area contributed by atoms with Gasteiger partial charge in [-0.1, -0.05) is 41.0 Å². The van der Waals surface area contributed by atoms with Crippen molar-refractivity contribution >= 4 is 110 Å². The third-order valence-electron chi connectivity index (χ3n) is 13.3. The highest BCUT2D eigenvalue weighted by Crippen LogP contribution is 2.43. The number of aromatic nitrogens is 6. The molecule has 6 aliphatic rings. The molecule has 3 aromatic heterocycles. The number of nitrogens with zero attached hydrogens (tertiary/aromatic N) is 8. The molecule has 2 spiro atoms. The molecule has 77 heavy (non-hydrogen) atoms. The van der Waals surface area contributed by atoms with Crippen LogP contribution in [0.5, 0.6) is 11.5 Å². The van der Waals surface area contributed by atoms with Crippen LogP contribution in [0.15, 0.2) is 88.4 Å². The molecule has 6 aliphatic heterocycles. The van der Waals surface area contributed by atoms with Gasteiger partial charge >= 0.3 is 14.0 Å². The van der Waals surface area contributed by atoms with Gasteiger partial charge in [0.1, 0.15) is 84.8 Å². The number of nitrogens with one attached hydrogen (secondary N) is 2. The van der Waals surface area contributed by atoms with Crippen molar-refractivity contribution in [2.45, 2.75) is 109 Å². The minimum atomic E-state index is -0.476. The summed E-state index contributed by atoms with van der Waals surface area (Å²) in [5, 5.41) is 6.54. The van der Waals surface area contributed by atoms with Gasteiger partial charge in [0, 0.05) is 55.6 Å². The topological polar surface area (TPSA) is 278 Å². The predicted molar refractivity (Wildman–Crippen MR) is 323 cm³/mol. The summed E-state index contributed by atoms with van der Waals surface area (Å²) in [4.78, 5) is 32.4. The molecular weight excluding hydrogens is 1300 g/mol. The summed E-state index contributed by atoms with van der Waals surface area (Å²) >= 11 is 13.2. The van der Waals surface area contributed by atoms with Crippen molar-refractivity contribution in [2.75, 3.05) is 58.2 Å². The number of ether oxygens (including phenoxy) is 4. The lowest BCUT2D eigenvalue weighted by atomic mass is 9.49. The number of nitrogens with two attached hydrogens (primary N) is 3. The molecule has 9 heterocycles. The van der Waals surface area contributed by atoms with Crippen LogP contribution in [0.1, 0.15) is 73.9 Å². The average molecular weight is 1370 g/mol. The molecule has 0 radical (unpaired) electrons. The largest absolute Gasteiger partial charge is 0.491 e. The Kier molecular flexibility index (Phi) is 22.0. The van der Waals surface area contributed by atoms with E-state index in [1.54, 1.807) is 18.6 Å². The quantitative estimate of drug-likeness (QED) is 0.0647. The van der Waals surface area contributed by atoms with Gasteiger partial charge in [0.2, 0.25) is 0 Å². The van der Waals surface area contributed by atoms with E-state index < -0.39 is 19.6 Å². The zero-order valence-electron chi connectivity index (χ0n) is 44.4. The third-order valence-corrected chi connectivity index (χ3v) is 16.0. The molecule has 8 N–H and O–H groups in total. The average Bonchev–Trinajstić information content (AvgIpc) is 4.08. The van der Waals surface area contributed by atoms with Gasteiger partial charge in [-0.3, -0.25) is 0 Å². The van der Waals surface area contributed by atoms with E-state index in [0.29, 0.717) is 31.6 Å². The van der Waals surface area contributed by atoms with Crippen LogP contribution >= 0.6 is 72.7 Å². The molecule has 5 aromatic rings. The molecule has 11 rings (SSSR count). The summed E-state index contributed by atoms with van der Waals surface area (Å²) in [6.45, 7) is 18.2. The molecule has 2 saturated heterocycles. The number of benzene rings is 2. The second-order valence-electron chi connectivity index (χ2n) is 19.8. The maximum atomic E-state index is 5.96. The molecule has 0 amide bonds. The van der Waals surface area contributed by atoms with E-state index in [2.05, 4.69) is 130 Å². The van der Waals surface area contributed by atoms with Crippen LogP contribution < -0.4 is 37.3 Å². The first-order chi connectivity index (χ1) is 35.9. The van der Waals surface area contributed by atoms with Crippen LogP contribution in [0.25, 0.3) is 11.1 Å². The molecule has 21 nitrogen and oxygen atoms in total. The van der Waals surface area contributed by atoms with E-state index in [1.807, 2.05) is 93.8 Å². The number of amidine groups is 2. The first-order valence-electron chi connectivity index (χ1n) is 24.0. The number of hydrogen-bond acceptors (Lipinski definition) is 21. The van der Waals surface area contributed by atoms with Crippen LogP contribution in [0, 0.1) is 7.14 Å². The van der Waals surface area contributed by atoms with Gasteiger partial charge in [0.05, 0.1) is 29.5 Å². The number of anilines is 2. The third kappa shape index (κ3) is 15.7. The first kappa shape index (κ1) is 63.4. The summed E-state index contributed by atoms with van der Waals surface area (Å²) in [7, 11) is 4.23. The molecule has 2 unspecified atom stereocenters. The molecule has 2 atom stereocenters.